The lowest BCUT2D eigenvalue weighted by Crippen LogP contribution is -2.39. The maximum atomic E-state index is 12.5. The summed E-state index contributed by atoms with van der Waals surface area (Å²) >= 11 is 0. The Kier molecular flexibility index (Phi) is 4.06. The van der Waals surface area contributed by atoms with Crippen molar-refractivity contribution in [3.8, 4) is 0 Å². The molecule has 6 heteroatoms. The summed E-state index contributed by atoms with van der Waals surface area (Å²) in [6.45, 7) is 0.181. The summed E-state index contributed by atoms with van der Waals surface area (Å²) in [7, 11) is 0. The van der Waals surface area contributed by atoms with Crippen molar-refractivity contribution < 1.29 is 18.0 Å². The highest BCUT2D eigenvalue weighted by atomic mass is 19.4. The van der Waals surface area contributed by atoms with E-state index in [0.29, 0.717) is 0 Å². The van der Waals surface area contributed by atoms with Crippen LogP contribution in [0.4, 0.5) is 18.9 Å². The number of nitrogen functional groups attached to an aromatic ring is 1. The van der Waals surface area contributed by atoms with Gasteiger partial charge in [-0.25, -0.2) is 0 Å². The van der Waals surface area contributed by atoms with Crippen molar-refractivity contribution in [2.24, 2.45) is 0 Å². The third-order valence-corrected chi connectivity index (χ3v) is 3.19. The lowest BCUT2D eigenvalue weighted by Gasteiger charge is -2.23. The first-order valence-electron chi connectivity index (χ1n) is 6.46. The average Bonchev–Trinajstić information content (AvgIpc) is 2.42. The van der Waals surface area contributed by atoms with Crippen molar-refractivity contribution in [2.75, 3.05) is 18.8 Å². The van der Waals surface area contributed by atoms with Gasteiger partial charge in [-0.3, -0.25) is 4.79 Å². The van der Waals surface area contributed by atoms with Gasteiger partial charge in [0, 0.05) is 12.2 Å². The summed E-state index contributed by atoms with van der Waals surface area (Å²) in [5, 5.41) is 1.60. The fraction of sp³-hybridized carbons (Fsp3) is 0.267. The second-order valence-corrected chi connectivity index (χ2v) is 4.72. The number of alkyl halides is 3. The minimum absolute atomic E-state index is 0.0371. The number of fused-ring (bicyclic) bond motifs is 1. The summed E-state index contributed by atoms with van der Waals surface area (Å²) in [6.07, 6.45) is -4.43. The molecule has 0 bridgehead atoms. The number of carbonyl (C=O) groups is 1. The summed E-state index contributed by atoms with van der Waals surface area (Å²) in [4.78, 5) is 13.0. The number of hydrogen-bond donors (Lipinski definition) is 1. The molecule has 0 saturated carbocycles. The molecule has 0 atom stereocenters. The molecule has 3 nitrogen and oxygen atoms in total. The van der Waals surface area contributed by atoms with Crippen molar-refractivity contribution in [2.45, 2.75) is 13.1 Å². The van der Waals surface area contributed by atoms with Crippen LogP contribution in [0.25, 0.3) is 10.8 Å². The zero-order chi connectivity index (χ0) is 15.6. The Morgan fingerprint density at radius 3 is 2.29 bits per heavy atom. The molecule has 2 N–H and O–H groups in total. The molecule has 0 unspecified atom stereocenters. The molecule has 0 aliphatic carbocycles. The molecule has 0 aliphatic heterocycles. The van der Waals surface area contributed by atoms with Crippen LogP contribution in [0.5, 0.6) is 0 Å². The Balaban J connectivity index is 2.40. The van der Waals surface area contributed by atoms with E-state index < -0.39 is 18.6 Å². The molecule has 0 saturated heterocycles. The molecule has 2 rings (SSSR count). The first-order valence-corrected chi connectivity index (χ1v) is 6.46. The number of benzene rings is 2. The highest BCUT2D eigenvalue weighted by Crippen LogP contribution is 2.24. The minimum Gasteiger partial charge on any atom is -0.398 e. The third kappa shape index (κ3) is 3.45. The topological polar surface area (TPSA) is 46.3 Å². The van der Waals surface area contributed by atoms with Gasteiger partial charge in [-0.1, -0.05) is 24.3 Å². The molecular weight excluding hydrogens is 281 g/mol. The monoisotopic (exact) mass is 296 g/mol. The van der Waals surface area contributed by atoms with Gasteiger partial charge in [-0.05, 0) is 29.8 Å². The number of nitrogens with zero attached hydrogens (tertiary/aromatic N) is 1. The Morgan fingerprint density at radius 1 is 1.19 bits per heavy atom. The first kappa shape index (κ1) is 15.2. The summed E-state index contributed by atoms with van der Waals surface area (Å²) in [5.74, 6) is -0.710. The van der Waals surface area contributed by atoms with Crippen LogP contribution in [0.3, 0.4) is 0 Å². The van der Waals surface area contributed by atoms with Crippen molar-refractivity contribution >= 4 is 22.4 Å². The third-order valence-electron chi connectivity index (χ3n) is 3.19. The lowest BCUT2D eigenvalue weighted by molar-refractivity contribution is -0.140. The van der Waals surface area contributed by atoms with Crippen LogP contribution in [0, 0.1) is 0 Å². The van der Waals surface area contributed by atoms with Gasteiger partial charge in [0.1, 0.15) is 6.54 Å². The Bertz CT molecular complexity index is 668. The van der Waals surface area contributed by atoms with E-state index in [2.05, 4.69) is 0 Å². The molecule has 0 radical (unpaired) electrons. The molecule has 2 aromatic rings. The van der Waals surface area contributed by atoms with E-state index in [1.165, 1.54) is 13.0 Å². The number of carbonyl (C=O) groups excluding carboxylic acids is 1. The fourth-order valence-corrected chi connectivity index (χ4v) is 2.16. The van der Waals surface area contributed by atoms with Gasteiger partial charge < -0.3 is 10.6 Å². The fourth-order valence-electron chi connectivity index (χ4n) is 2.16. The van der Waals surface area contributed by atoms with Crippen LogP contribution in [0.1, 0.15) is 17.3 Å². The Morgan fingerprint density at radius 2 is 1.76 bits per heavy atom. The number of nitrogens with two attached hydrogens (primary N) is 1. The molecule has 0 fully saturated rings. The van der Waals surface area contributed by atoms with Gasteiger partial charge in [0.15, 0.2) is 0 Å². The smallest absolute Gasteiger partial charge is 0.398 e. The predicted molar refractivity (Wildman–Crippen MR) is 76.0 cm³/mol. The van der Waals surface area contributed by atoms with E-state index in [4.69, 9.17) is 5.73 Å². The first-order chi connectivity index (χ1) is 9.81. The quantitative estimate of drug-likeness (QED) is 0.882. The zero-order valence-electron chi connectivity index (χ0n) is 11.4. The largest absolute Gasteiger partial charge is 0.406 e. The number of amides is 1. The SMILES string of the molecule is CCN(CC(F)(F)F)C(=O)c1cc2ccccc2cc1N. The van der Waals surface area contributed by atoms with Gasteiger partial charge in [0.25, 0.3) is 5.91 Å². The van der Waals surface area contributed by atoms with Crippen LogP contribution in [0.15, 0.2) is 36.4 Å². The summed E-state index contributed by atoms with van der Waals surface area (Å²) < 4.78 is 37.5. The van der Waals surface area contributed by atoms with Crippen molar-refractivity contribution in [1.82, 2.24) is 4.90 Å². The van der Waals surface area contributed by atoms with Gasteiger partial charge in [0.2, 0.25) is 0 Å². The van der Waals surface area contributed by atoms with Crippen LogP contribution in [0.2, 0.25) is 0 Å². The van der Waals surface area contributed by atoms with Gasteiger partial charge in [-0.2, -0.15) is 13.2 Å². The van der Waals surface area contributed by atoms with Crippen molar-refractivity contribution in [3.05, 3.63) is 42.0 Å². The van der Waals surface area contributed by atoms with E-state index in [9.17, 15) is 18.0 Å². The molecular formula is C15H15F3N2O. The van der Waals surface area contributed by atoms with Gasteiger partial charge in [-0.15, -0.1) is 0 Å². The molecule has 1 amide bonds. The number of halogens is 3. The number of hydrogen-bond acceptors (Lipinski definition) is 2. The van der Waals surface area contributed by atoms with Gasteiger partial charge >= 0.3 is 6.18 Å². The molecule has 2 aromatic carbocycles. The summed E-state index contributed by atoms with van der Waals surface area (Å²) in [5.41, 5.74) is 6.09. The highest BCUT2D eigenvalue weighted by molar-refractivity contribution is 6.03. The van der Waals surface area contributed by atoms with Crippen LogP contribution < -0.4 is 5.73 Å². The van der Waals surface area contributed by atoms with Crippen LogP contribution in [-0.4, -0.2) is 30.1 Å². The van der Waals surface area contributed by atoms with Crippen molar-refractivity contribution in [3.63, 3.8) is 0 Å². The number of rotatable bonds is 3. The van der Waals surface area contributed by atoms with E-state index in [1.807, 2.05) is 12.1 Å². The maximum absolute atomic E-state index is 12.5. The zero-order valence-corrected chi connectivity index (χ0v) is 11.4. The van der Waals surface area contributed by atoms with Gasteiger partial charge in [0.05, 0.1) is 5.56 Å². The van der Waals surface area contributed by atoms with E-state index in [-0.39, 0.29) is 17.8 Å². The second-order valence-electron chi connectivity index (χ2n) is 4.72. The molecule has 21 heavy (non-hydrogen) atoms. The van der Waals surface area contributed by atoms with E-state index in [0.717, 1.165) is 15.7 Å². The number of anilines is 1. The Labute approximate surface area is 120 Å². The molecule has 0 aliphatic rings. The van der Waals surface area contributed by atoms with Crippen LogP contribution >= 0.6 is 0 Å². The molecule has 0 spiro atoms. The van der Waals surface area contributed by atoms with Crippen LogP contribution in [-0.2, 0) is 0 Å². The average molecular weight is 296 g/mol. The maximum Gasteiger partial charge on any atom is 0.406 e. The Hall–Kier alpha value is -2.24. The van der Waals surface area contributed by atoms with Crippen molar-refractivity contribution in [1.29, 1.82) is 0 Å². The second kappa shape index (κ2) is 5.63. The molecule has 0 heterocycles. The van der Waals surface area contributed by atoms with E-state index in [1.54, 1.807) is 18.2 Å². The normalized spacial score (nSPS) is 11.6. The lowest BCUT2D eigenvalue weighted by atomic mass is 10.0. The van der Waals surface area contributed by atoms with E-state index >= 15 is 0 Å². The minimum atomic E-state index is -4.43. The summed E-state index contributed by atoms with van der Waals surface area (Å²) in [6, 6.07) is 10.4. The molecule has 112 valence electrons. The standard InChI is InChI=1S/C15H15F3N2O/c1-2-20(9-15(16,17)18)14(21)12-7-10-5-3-4-6-11(10)8-13(12)19/h3-8H,2,9,19H2,1H3. The molecule has 0 aromatic heterocycles. The predicted octanol–water partition coefficient (Wildman–Crippen LogP) is 3.45. The highest BCUT2D eigenvalue weighted by Gasteiger charge is 2.33.